The van der Waals surface area contributed by atoms with E-state index in [1.807, 2.05) is 62.4 Å². The maximum atomic E-state index is 13.3. The van der Waals surface area contributed by atoms with E-state index in [1.165, 1.54) is 16.2 Å². The Balaban J connectivity index is 1.67. The van der Waals surface area contributed by atoms with Crippen LogP contribution in [0.5, 0.6) is 5.75 Å². The normalized spacial score (nSPS) is 17.5. The van der Waals surface area contributed by atoms with E-state index in [2.05, 4.69) is 4.98 Å². The molecule has 6 nitrogen and oxygen atoms in total. The fourth-order valence-electron chi connectivity index (χ4n) is 4.13. The Bertz CT molecular complexity index is 1420. The number of benzene rings is 3. The van der Waals surface area contributed by atoms with E-state index in [0.717, 1.165) is 15.8 Å². The number of ketones is 1. The molecular formula is C27H22N2O4S. The zero-order valence-electron chi connectivity index (χ0n) is 18.7. The van der Waals surface area contributed by atoms with Gasteiger partial charge in [0.25, 0.3) is 5.78 Å². The maximum absolute atomic E-state index is 13.3. The number of aryl methyl sites for hydroxylation is 1. The minimum absolute atomic E-state index is 0.0378. The summed E-state index contributed by atoms with van der Waals surface area (Å²) >= 11 is 1.35. The van der Waals surface area contributed by atoms with Crippen LogP contribution in [-0.2, 0) is 9.59 Å². The van der Waals surface area contributed by atoms with Gasteiger partial charge in [0, 0.05) is 5.56 Å². The average molecular weight is 471 g/mol. The Kier molecular flexibility index (Phi) is 5.63. The van der Waals surface area contributed by atoms with Gasteiger partial charge in [-0.25, -0.2) is 4.98 Å². The third-order valence-electron chi connectivity index (χ3n) is 5.74. The molecule has 1 aliphatic rings. The molecule has 7 heteroatoms. The summed E-state index contributed by atoms with van der Waals surface area (Å²) in [5.41, 5.74) is 3.02. The Hall–Kier alpha value is -3.97. The zero-order valence-corrected chi connectivity index (χ0v) is 19.5. The van der Waals surface area contributed by atoms with Crippen LogP contribution in [0.15, 0.2) is 78.4 Å². The van der Waals surface area contributed by atoms with Crippen LogP contribution >= 0.6 is 11.3 Å². The van der Waals surface area contributed by atoms with Gasteiger partial charge in [-0.1, -0.05) is 47.7 Å². The van der Waals surface area contributed by atoms with Gasteiger partial charge in [0.1, 0.15) is 11.5 Å². The van der Waals surface area contributed by atoms with Crippen molar-refractivity contribution in [1.29, 1.82) is 0 Å². The number of aromatic nitrogens is 1. The van der Waals surface area contributed by atoms with Gasteiger partial charge in [-0.05, 0) is 61.4 Å². The number of Topliss-reactive ketones (excluding diaryl/α,β-unsaturated/α-hetero) is 1. The Morgan fingerprint density at radius 1 is 1.06 bits per heavy atom. The number of ether oxygens (including phenoxy) is 1. The van der Waals surface area contributed by atoms with E-state index in [4.69, 9.17) is 4.74 Å². The number of rotatable bonds is 5. The van der Waals surface area contributed by atoms with Crippen LogP contribution in [0.4, 0.5) is 5.13 Å². The second-order valence-corrected chi connectivity index (χ2v) is 9.01. The fraction of sp³-hybridized carbons (Fsp3) is 0.148. The number of hydrogen-bond acceptors (Lipinski definition) is 6. The summed E-state index contributed by atoms with van der Waals surface area (Å²) in [7, 11) is 0. The smallest absolute Gasteiger partial charge is 0.301 e. The highest BCUT2D eigenvalue weighted by Crippen LogP contribution is 2.44. The predicted octanol–water partition coefficient (Wildman–Crippen LogP) is 5.63. The number of fused-ring (bicyclic) bond motifs is 1. The molecule has 1 saturated heterocycles. The molecule has 4 aromatic rings. The standard InChI is InChI=1S/C27H22N2O4S/c1-3-33-19-12-10-18(11-13-19)24(30)22-23(17-7-5-4-6-8-17)29(26(32)25(22)31)27-28-20-14-9-16(2)15-21(20)34-27/h4-15,23,30H,3H2,1-2H3/t23-/m1/s1. The monoisotopic (exact) mass is 470 g/mol. The van der Waals surface area contributed by atoms with Crippen LogP contribution in [0.1, 0.15) is 29.7 Å². The lowest BCUT2D eigenvalue weighted by Crippen LogP contribution is -2.29. The van der Waals surface area contributed by atoms with Gasteiger partial charge < -0.3 is 9.84 Å². The first-order chi connectivity index (χ1) is 16.5. The van der Waals surface area contributed by atoms with Crippen molar-refractivity contribution in [3.05, 3.63) is 95.1 Å². The van der Waals surface area contributed by atoms with Gasteiger partial charge in [-0.3, -0.25) is 14.5 Å². The van der Waals surface area contributed by atoms with Gasteiger partial charge in [-0.15, -0.1) is 0 Å². The lowest BCUT2D eigenvalue weighted by atomic mass is 9.95. The molecule has 1 aromatic heterocycles. The third-order valence-corrected chi connectivity index (χ3v) is 6.75. The van der Waals surface area contributed by atoms with Crippen molar-refractivity contribution in [2.45, 2.75) is 19.9 Å². The first-order valence-corrected chi connectivity index (χ1v) is 11.8. The van der Waals surface area contributed by atoms with E-state index in [0.29, 0.717) is 28.6 Å². The first kappa shape index (κ1) is 21.9. The topological polar surface area (TPSA) is 79.7 Å². The summed E-state index contributed by atoms with van der Waals surface area (Å²) < 4.78 is 6.40. The number of aliphatic hydroxyl groups is 1. The Labute approximate surface area is 200 Å². The molecule has 1 atom stereocenters. The van der Waals surface area contributed by atoms with Crippen molar-refractivity contribution in [2.75, 3.05) is 11.5 Å². The molecule has 1 N–H and O–H groups in total. The number of nitrogens with zero attached hydrogens (tertiary/aromatic N) is 2. The van der Waals surface area contributed by atoms with E-state index in [1.54, 1.807) is 24.3 Å². The van der Waals surface area contributed by atoms with Gasteiger partial charge in [-0.2, -0.15) is 0 Å². The van der Waals surface area contributed by atoms with Crippen LogP contribution < -0.4 is 9.64 Å². The lowest BCUT2D eigenvalue weighted by Gasteiger charge is -2.22. The van der Waals surface area contributed by atoms with Crippen molar-refractivity contribution in [3.8, 4) is 5.75 Å². The summed E-state index contributed by atoms with van der Waals surface area (Å²) in [6.07, 6.45) is 0. The van der Waals surface area contributed by atoms with Crippen LogP contribution in [0, 0.1) is 6.92 Å². The zero-order chi connectivity index (χ0) is 23.8. The number of thiazole rings is 1. The average Bonchev–Trinajstić information content (AvgIpc) is 3.37. The Morgan fingerprint density at radius 3 is 2.50 bits per heavy atom. The SMILES string of the molecule is CCOc1ccc(C(O)=C2C(=O)C(=O)N(c3nc4ccc(C)cc4s3)[C@@H]2c2ccccc2)cc1. The summed E-state index contributed by atoms with van der Waals surface area (Å²) in [5, 5.41) is 11.6. The number of carbonyl (C=O) groups excluding carboxylic acids is 2. The molecule has 0 aliphatic carbocycles. The molecule has 0 radical (unpaired) electrons. The first-order valence-electron chi connectivity index (χ1n) is 10.9. The highest BCUT2D eigenvalue weighted by atomic mass is 32.1. The molecule has 1 fully saturated rings. The second kappa shape index (κ2) is 8.76. The minimum Gasteiger partial charge on any atom is -0.507 e. The molecule has 0 bridgehead atoms. The number of amides is 1. The quantitative estimate of drug-likeness (QED) is 0.232. The summed E-state index contributed by atoms with van der Waals surface area (Å²) in [6, 6.07) is 21.1. The lowest BCUT2D eigenvalue weighted by molar-refractivity contribution is -0.132. The summed E-state index contributed by atoms with van der Waals surface area (Å²) in [6.45, 7) is 4.40. The molecule has 0 saturated carbocycles. The highest BCUT2D eigenvalue weighted by Gasteiger charge is 2.48. The van der Waals surface area contributed by atoms with Gasteiger partial charge in [0.2, 0.25) is 0 Å². The van der Waals surface area contributed by atoms with Crippen molar-refractivity contribution < 1.29 is 19.4 Å². The molecule has 0 spiro atoms. The van der Waals surface area contributed by atoms with E-state index in [-0.39, 0.29) is 11.3 Å². The maximum Gasteiger partial charge on any atom is 0.301 e. The molecule has 5 rings (SSSR count). The number of aliphatic hydroxyl groups excluding tert-OH is 1. The third kappa shape index (κ3) is 3.74. The van der Waals surface area contributed by atoms with Crippen LogP contribution in [0.2, 0.25) is 0 Å². The molecule has 1 amide bonds. The molecule has 3 aromatic carbocycles. The van der Waals surface area contributed by atoms with Crippen LogP contribution in [0.3, 0.4) is 0 Å². The largest absolute Gasteiger partial charge is 0.507 e. The number of anilines is 1. The highest BCUT2D eigenvalue weighted by molar-refractivity contribution is 7.22. The van der Waals surface area contributed by atoms with Gasteiger partial charge >= 0.3 is 5.91 Å². The fourth-order valence-corrected chi connectivity index (χ4v) is 5.22. The number of hydrogen-bond donors (Lipinski definition) is 1. The van der Waals surface area contributed by atoms with Crippen molar-refractivity contribution >= 4 is 44.1 Å². The Morgan fingerprint density at radius 2 is 1.79 bits per heavy atom. The van der Waals surface area contributed by atoms with E-state index < -0.39 is 17.7 Å². The second-order valence-electron chi connectivity index (χ2n) is 8.00. The van der Waals surface area contributed by atoms with Gasteiger partial charge in [0.15, 0.2) is 5.13 Å². The van der Waals surface area contributed by atoms with Crippen molar-refractivity contribution in [2.24, 2.45) is 0 Å². The molecule has 0 unspecified atom stereocenters. The van der Waals surface area contributed by atoms with E-state index >= 15 is 0 Å². The predicted molar refractivity (Wildman–Crippen MR) is 133 cm³/mol. The molecular weight excluding hydrogens is 448 g/mol. The van der Waals surface area contributed by atoms with Crippen molar-refractivity contribution in [1.82, 2.24) is 4.98 Å². The van der Waals surface area contributed by atoms with Gasteiger partial charge in [0.05, 0.1) is 28.4 Å². The summed E-state index contributed by atoms with van der Waals surface area (Å²) in [5.74, 6) is -1.02. The summed E-state index contributed by atoms with van der Waals surface area (Å²) in [4.78, 5) is 32.6. The minimum atomic E-state index is -0.797. The van der Waals surface area contributed by atoms with E-state index in [9.17, 15) is 14.7 Å². The molecule has 170 valence electrons. The molecule has 1 aliphatic heterocycles. The van der Waals surface area contributed by atoms with Crippen LogP contribution in [-0.4, -0.2) is 28.4 Å². The molecule has 34 heavy (non-hydrogen) atoms. The van der Waals surface area contributed by atoms with Crippen molar-refractivity contribution in [3.63, 3.8) is 0 Å². The molecule has 2 heterocycles. The number of carbonyl (C=O) groups is 2. The van der Waals surface area contributed by atoms with Crippen LogP contribution in [0.25, 0.3) is 16.0 Å².